The number of hydrogen-bond donors (Lipinski definition) is 3. The van der Waals surface area contributed by atoms with E-state index in [1.165, 1.54) is 12.8 Å². The number of carbonyl (C=O) groups excluding carboxylic acids is 1. The highest BCUT2D eigenvalue weighted by Crippen LogP contribution is 2.26. The maximum absolute atomic E-state index is 11.6. The van der Waals surface area contributed by atoms with Crippen LogP contribution >= 0.6 is 0 Å². The van der Waals surface area contributed by atoms with E-state index < -0.39 is 5.60 Å². The van der Waals surface area contributed by atoms with Crippen molar-refractivity contribution in [1.29, 1.82) is 0 Å². The summed E-state index contributed by atoms with van der Waals surface area (Å²) in [6.45, 7) is 12.8. The molecule has 0 saturated heterocycles. The van der Waals surface area contributed by atoms with E-state index in [1.54, 1.807) is 0 Å². The number of nitrogens with one attached hydrogen (secondary N) is 3. The van der Waals surface area contributed by atoms with Gasteiger partial charge in [0.05, 0.1) is 6.54 Å². The molecule has 3 N–H and O–H groups in total. The Bertz CT molecular complexity index is 430. The Balaban J connectivity index is 2.23. The van der Waals surface area contributed by atoms with Gasteiger partial charge in [0.2, 0.25) is 0 Å². The number of nitrogens with zero attached hydrogens (tertiary/aromatic N) is 2. The van der Waals surface area contributed by atoms with E-state index in [-0.39, 0.29) is 6.09 Å². The molecule has 1 aliphatic carbocycles. The summed E-state index contributed by atoms with van der Waals surface area (Å²) in [5.74, 6) is 0.829. The van der Waals surface area contributed by atoms with Gasteiger partial charge in [-0.2, -0.15) is 0 Å². The van der Waals surface area contributed by atoms with E-state index in [9.17, 15) is 4.79 Å². The Morgan fingerprint density at radius 1 is 1.24 bits per heavy atom. The lowest BCUT2D eigenvalue weighted by atomic mass is 10.2. The van der Waals surface area contributed by atoms with E-state index in [0.717, 1.165) is 38.1 Å². The molecule has 1 aliphatic rings. The van der Waals surface area contributed by atoms with E-state index in [2.05, 4.69) is 46.7 Å². The normalized spacial score (nSPS) is 16.5. The minimum atomic E-state index is -0.461. The lowest BCUT2D eigenvalue weighted by Gasteiger charge is -2.23. The first-order valence-electron chi connectivity index (χ1n) is 9.44. The van der Waals surface area contributed by atoms with E-state index in [0.29, 0.717) is 12.6 Å². The highest BCUT2D eigenvalue weighted by atomic mass is 16.6. The van der Waals surface area contributed by atoms with Crippen LogP contribution in [0.5, 0.6) is 0 Å². The second-order valence-electron chi connectivity index (χ2n) is 7.67. The number of guanidine groups is 1. The summed E-state index contributed by atoms with van der Waals surface area (Å²) in [5, 5.41) is 9.33. The molecule has 0 aromatic heterocycles. The minimum Gasteiger partial charge on any atom is -0.444 e. The van der Waals surface area contributed by atoms with Gasteiger partial charge in [0.15, 0.2) is 5.96 Å². The van der Waals surface area contributed by atoms with Crippen molar-refractivity contribution in [3.63, 3.8) is 0 Å². The van der Waals surface area contributed by atoms with Crippen LogP contribution in [-0.2, 0) is 4.74 Å². The smallest absolute Gasteiger partial charge is 0.407 e. The van der Waals surface area contributed by atoms with Gasteiger partial charge in [-0.05, 0) is 60.9 Å². The van der Waals surface area contributed by atoms with Gasteiger partial charge in [-0.3, -0.25) is 9.89 Å². The summed E-state index contributed by atoms with van der Waals surface area (Å²) < 4.78 is 5.20. The molecule has 0 bridgehead atoms. The first-order chi connectivity index (χ1) is 11.7. The van der Waals surface area contributed by atoms with Crippen LogP contribution in [0, 0.1) is 0 Å². The van der Waals surface area contributed by atoms with Crippen molar-refractivity contribution in [2.45, 2.75) is 71.6 Å². The number of likely N-dealkylation sites (N-methyl/N-ethyl adjacent to an activating group) is 1. The molecule has 1 rings (SSSR count). The van der Waals surface area contributed by atoms with Crippen LogP contribution in [0.15, 0.2) is 4.99 Å². The molecule has 0 aliphatic heterocycles. The average molecular weight is 356 g/mol. The van der Waals surface area contributed by atoms with Crippen LogP contribution in [0.4, 0.5) is 4.79 Å². The molecular formula is C18H37N5O2. The lowest BCUT2D eigenvalue weighted by Crippen LogP contribution is -2.41. The molecule has 0 radical (unpaired) electrons. The maximum Gasteiger partial charge on any atom is 0.407 e. The molecule has 1 fully saturated rings. The molecular weight excluding hydrogens is 318 g/mol. The molecule has 1 unspecified atom stereocenters. The van der Waals surface area contributed by atoms with Crippen molar-refractivity contribution >= 4 is 12.1 Å². The number of amides is 1. The molecule has 25 heavy (non-hydrogen) atoms. The van der Waals surface area contributed by atoms with Crippen molar-refractivity contribution in [3.05, 3.63) is 0 Å². The Kier molecular flexibility index (Phi) is 9.03. The standard InChI is InChI=1S/C18H37N5O2/c1-7-19-16(22-13-14(2)23(6)15-9-10-15)20-11-8-12-21-17(24)25-18(3,4)5/h14-15H,7-13H2,1-6H3,(H,21,24)(H2,19,20,22). The van der Waals surface area contributed by atoms with E-state index in [4.69, 9.17) is 4.74 Å². The zero-order valence-corrected chi connectivity index (χ0v) is 16.8. The summed E-state index contributed by atoms with van der Waals surface area (Å²) in [7, 11) is 2.18. The van der Waals surface area contributed by atoms with Gasteiger partial charge in [0, 0.05) is 31.7 Å². The molecule has 0 aromatic carbocycles. The first kappa shape index (κ1) is 21.5. The number of aliphatic imine (C=N–C) groups is 1. The van der Waals surface area contributed by atoms with Gasteiger partial charge >= 0.3 is 6.09 Å². The van der Waals surface area contributed by atoms with Crippen LogP contribution in [0.25, 0.3) is 0 Å². The first-order valence-corrected chi connectivity index (χ1v) is 9.44. The van der Waals surface area contributed by atoms with Crippen molar-refractivity contribution < 1.29 is 9.53 Å². The fraction of sp³-hybridized carbons (Fsp3) is 0.889. The second-order valence-corrected chi connectivity index (χ2v) is 7.67. The molecule has 7 nitrogen and oxygen atoms in total. The SMILES string of the molecule is CCNC(=NCC(C)N(C)C1CC1)NCCCNC(=O)OC(C)(C)C. The predicted octanol–water partition coefficient (Wildman–Crippen LogP) is 1.94. The number of carbonyl (C=O) groups is 1. The quantitative estimate of drug-likeness (QED) is 0.335. The third-order valence-corrected chi connectivity index (χ3v) is 3.99. The average Bonchev–Trinajstić information content (AvgIpc) is 3.34. The summed E-state index contributed by atoms with van der Waals surface area (Å²) >= 11 is 0. The van der Waals surface area contributed by atoms with Gasteiger partial charge < -0.3 is 20.7 Å². The molecule has 0 spiro atoms. The molecule has 0 heterocycles. The summed E-state index contributed by atoms with van der Waals surface area (Å²) in [4.78, 5) is 18.6. The van der Waals surface area contributed by atoms with Crippen LogP contribution in [-0.4, -0.2) is 67.9 Å². The predicted molar refractivity (Wildman–Crippen MR) is 103 cm³/mol. The van der Waals surface area contributed by atoms with E-state index >= 15 is 0 Å². The Morgan fingerprint density at radius 3 is 2.44 bits per heavy atom. The van der Waals surface area contributed by atoms with Gasteiger partial charge in [-0.25, -0.2) is 4.79 Å². The second kappa shape index (κ2) is 10.5. The van der Waals surface area contributed by atoms with Crippen LogP contribution in [0.1, 0.15) is 53.9 Å². The zero-order valence-electron chi connectivity index (χ0n) is 16.8. The maximum atomic E-state index is 11.6. The van der Waals surface area contributed by atoms with Crippen LogP contribution in [0.2, 0.25) is 0 Å². The van der Waals surface area contributed by atoms with Gasteiger partial charge in [0.25, 0.3) is 0 Å². The van der Waals surface area contributed by atoms with Crippen molar-refractivity contribution in [2.24, 2.45) is 4.99 Å². The van der Waals surface area contributed by atoms with Crippen LogP contribution in [0.3, 0.4) is 0 Å². The number of ether oxygens (including phenoxy) is 1. The number of alkyl carbamates (subject to hydrolysis) is 1. The van der Waals surface area contributed by atoms with Crippen LogP contribution < -0.4 is 16.0 Å². The number of hydrogen-bond acceptors (Lipinski definition) is 4. The lowest BCUT2D eigenvalue weighted by molar-refractivity contribution is 0.0527. The van der Waals surface area contributed by atoms with E-state index in [1.807, 2.05) is 20.8 Å². The molecule has 7 heteroatoms. The topological polar surface area (TPSA) is 78.0 Å². The Labute approximate surface area is 153 Å². The van der Waals surface area contributed by atoms with Crippen molar-refractivity contribution in [2.75, 3.05) is 33.2 Å². The molecule has 1 saturated carbocycles. The molecule has 1 atom stereocenters. The number of rotatable bonds is 9. The van der Waals surface area contributed by atoms with Crippen molar-refractivity contribution in [3.8, 4) is 0 Å². The zero-order chi connectivity index (χ0) is 18.9. The highest BCUT2D eigenvalue weighted by Gasteiger charge is 2.28. The molecule has 1 amide bonds. The largest absolute Gasteiger partial charge is 0.444 e. The Hall–Kier alpha value is -1.50. The third-order valence-electron chi connectivity index (χ3n) is 3.99. The molecule has 0 aromatic rings. The van der Waals surface area contributed by atoms with Gasteiger partial charge in [-0.1, -0.05) is 0 Å². The highest BCUT2D eigenvalue weighted by molar-refractivity contribution is 5.79. The fourth-order valence-electron chi connectivity index (χ4n) is 2.34. The third kappa shape index (κ3) is 10.2. The molecule has 146 valence electrons. The van der Waals surface area contributed by atoms with Gasteiger partial charge in [-0.15, -0.1) is 0 Å². The van der Waals surface area contributed by atoms with Gasteiger partial charge in [0.1, 0.15) is 5.60 Å². The minimum absolute atomic E-state index is 0.370. The monoisotopic (exact) mass is 355 g/mol. The summed E-state index contributed by atoms with van der Waals surface area (Å²) in [5.41, 5.74) is -0.461. The summed E-state index contributed by atoms with van der Waals surface area (Å²) in [6, 6.07) is 1.19. The Morgan fingerprint density at radius 2 is 1.88 bits per heavy atom. The summed E-state index contributed by atoms with van der Waals surface area (Å²) in [6.07, 6.45) is 3.06. The van der Waals surface area contributed by atoms with Crippen molar-refractivity contribution in [1.82, 2.24) is 20.9 Å². The fourth-order valence-corrected chi connectivity index (χ4v) is 2.34.